The third-order valence-corrected chi connectivity index (χ3v) is 5.59. The number of carbonyl (C=O) groups is 1. The van der Waals surface area contributed by atoms with Crippen LogP contribution in [-0.2, 0) is 13.5 Å². The quantitative estimate of drug-likeness (QED) is 0.608. The zero-order valence-corrected chi connectivity index (χ0v) is 16.9. The maximum absolute atomic E-state index is 13.4. The van der Waals surface area contributed by atoms with Gasteiger partial charge in [-0.25, -0.2) is 13.5 Å². The fourth-order valence-corrected chi connectivity index (χ4v) is 4.16. The topological polar surface area (TPSA) is 85.8 Å². The maximum Gasteiger partial charge on any atom is 0.261 e. The normalized spacial score (nSPS) is 12.2. The molecule has 3 aromatic rings. The van der Waals surface area contributed by atoms with E-state index in [0.29, 0.717) is 26.0 Å². The summed E-state index contributed by atoms with van der Waals surface area (Å²) in [6, 6.07) is 4.26. The van der Waals surface area contributed by atoms with Gasteiger partial charge < -0.3 is 11.1 Å². The number of hydrogen-bond acceptors (Lipinski definition) is 5. The number of benzene rings is 1. The van der Waals surface area contributed by atoms with Crippen LogP contribution in [0.3, 0.4) is 0 Å². The Morgan fingerprint density at radius 1 is 1.29 bits per heavy atom. The average molecular weight is 446 g/mol. The van der Waals surface area contributed by atoms with Gasteiger partial charge >= 0.3 is 0 Å². The van der Waals surface area contributed by atoms with Gasteiger partial charge in [-0.3, -0.25) is 4.79 Å². The lowest BCUT2D eigenvalue weighted by Gasteiger charge is -2.16. The molecule has 148 valence electrons. The predicted molar refractivity (Wildman–Crippen MR) is 105 cm³/mol. The number of amides is 1. The molecule has 0 unspecified atom stereocenters. The Hall–Kier alpha value is -2.07. The van der Waals surface area contributed by atoms with Crippen LogP contribution in [0.1, 0.15) is 15.2 Å². The van der Waals surface area contributed by atoms with Crippen molar-refractivity contribution < 1.29 is 13.6 Å². The molecule has 1 amide bonds. The zero-order valence-electron chi connectivity index (χ0n) is 14.5. The van der Waals surface area contributed by atoms with Gasteiger partial charge in [0.1, 0.15) is 21.7 Å². The molecule has 11 heteroatoms. The van der Waals surface area contributed by atoms with Gasteiger partial charge in [0.05, 0.1) is 4.88 Å². The molecule has 0 saturated carbocycles. The number of halogens is 4. The lowest BCUT2D eigenvalue weighted by Crippen LogP contribution is -2.41. The number of hydrogen-bond donors (Lipinski definition) is 2. The third-order valence-electron chi connectivity index (χ3n) is 3.98. The van der Waals surface area contributed by atoms with Crippen LogP contribution in [0.15, 0.2) is 24.3 Å². The van der Waals surface area contributed by atoms with Gasteiger partial charge in [-0.05, 0) is 30.2 Å². The molecule has 0 saturated heterocycles. The van der Waals surface area contributed by atoms with E-state index in [2.05, 4.69) is 15.6 Å². The van der Waals surface area contributed by atoms with Crippen LogP contribution in [-0.4, -0.2) is 33.5 Å². The molecule has 0 radical (unpaired) electrons. The van der Waals surface area contributed by atoms with E-state index in [1.165, 1.54) is 16.8 Å². The number of nitrogens with two attached hydrogens (primary N) is 1. The Labute approximate surface area is 173 Å². The van der Waals surface area contributed by atoms with Crippen molar-refractivity contribution in [3.05, 3.63) is 55.8 Å². The average Bonchev–Trinajstić information content (AvgIpc) is 3.15. The minimum absolute atomic E-state index is 0.0906. The number of rotatable bonds is 6. The highest BCUT2D eigenvalue weighted by molar-refractivity contribution is 7.18. The molecule has 0 aliphatic heterocycles. The molecule has 3 N–H and O–H groups in total. The minimum Gasteiger partial charge on any atom is -0.347 e. The summed E-state index contributed by atoms with van der Waals surface area (Å²) in [5.74, 6) is -1.78. The predicted octanol–water partition coefficient (Wildman–Crippen LogP) is 3.43. The first kappa shape index (κ1) is 20.7. The van der Waals surface area contributed by atoms with Crippen LogP contribution >= 0.6 is 34.5 Å². The van der Waals surface area contributed by atoms with Crippen LogP contribution in [0.25, 0.3) is 11.3 Å². The van der Waals surface area contributed by atoms with E-state index >= 15 is 0 Å². The molecule has 6 nitrogen and oxygen atoms in total. The van der Waals surface area contributed by atoms with Crippen LogP contribution in [0.5, 0.6) is 0 Å². The van der Waals surface area contributed by atoms with Crippen molar-refractivity contribution in [3.63, 3.8) is 0 Å². The molecule has 0 fully saturated rings. The summed E-state index contributed by atoms with van der Waals surface area (Å²) in [6.45, 7) is 0.0906. The monoisotopic (exact) mass is 445 g/mol. The van der Waals surface area contributed by atoms with Gasteiger partial charge in [-0.2, -0.15) is 0 Å². The number of aryl methyl sites for hydroxylation is 1. The van der Waals surface area contributed by atoms with Gasteiger partial charge in [0, 0.05) is 31.3 Å². The highest BCUT2D eigenvalue weighted by atomic mass is 35.5. The third kappa shape index (κ3) is 4.49. The van der Waals surface area contributed by atoms with E-state index in [1.54, 1.807) is 13.1 Å². The second kappa shape index (κ2) is 8.52. The van der Waals surface area contributed by atoms with Crippen molar-refractivity contribution in [1.82, 2.24) is 20.3 Å². The van der Waals surface area contributed by atoms with E-state index in [9.17, 15) is 13.6 Å². The van der Waals surface area contributed by atoms with Crippen molar-refractivity contribution in [2.75, 3.05) is 6.54 Å². The second-order valence-electron chi connectivity index (χ2n) is 6.04. The molecular weight excluding hydrogens is 431 g/mol. The first-order chi connectivity index (χ1) is 13.3. The van der Waals surface area contributed by atoms with Gasteiger partial charge in [0.25, 0.3) is 5.91 Å². The molecule has 0 spiro atoms. The lowest BCUT2D eigenvalue weighted by atomic mass is 10.1. The van der Waals surface area contributed by atoms with Crippen LogP contribution in [0, 0.1) is 11.6 Å². The zero-order chi connectivity index (χ0) is 20.4. The smallest absolute Gasteiger partial charge is 0.261 e. The molecular formula is C17H15Cl2F2N5OS. The Kier molecular flexibility index (Phi) is 6.29. The van der Waals surface area contributed by atoms with E-state index < -0.39 is 23.6 Å². The van der Waals surface area contributed by atoms with Crippen molar-refractivity contribution >= 4 is 40.4 Å². The summed E-state index contributed by atoms with van der Waals surface area (Å²) in [6.07, 6.45) is 0.181. The first-order valence-electron chi connectivity index (χ1n) is 8.09. The fourth-order valence-electron chi connectivity index (χ4n) is 2.72. The summed E-state index contributed by atoms with van der Waals surface area (Å²) < 4.78 is 28.5. The summed E-state index contributed by atoms with van der Waals surface area (Å²) in [7, 11) is 1.66. The highest BCUT2D eigenvalue weighted by Gasteiger charge is 2.22. The maximum atomic E-state index is 13.4. The first-order valence-corrected chi connectivity index (χ1v) is 9.66. The SMILES string of the molecule is Cn1nnc(Cl)c1-c1cc(C(=O)N[C@H](CN)Cc2cc(F)cc(F)c2)sc1Cl. The number of carbonyl (C=O) groups excluding carboxylic acids is 1. The number of thiophene rings is 1. The summed E-state index contributed by atoms with van der Waals surface area (Å²) >= 11 is 13.4. The largest absolute Gasteiger partial charge is 0.347 e. The molecule has 1 atom stereocenters. The van der Waals surface area contributed by atoms with Crippen molar-refractivity contribution in [2.45, 2.75) is 12.5 Å². The van der Waals surface area contributed by atoms with Crippen LogP contribution < -0.4 is 11.1 Å². The molecule has 0 bridgehead atoms. The van der Waals surface area contributed by atoms with Crippen molar-refractivity contribution in [2.24, 2.45) is 12.8 Å². The summed E-state index contributed by atoms with van der Waals surface area (Å²) in [5.41, 5.74) is 7.13. The van der Waals surface area contributed by atoms with Gasteiger partial charge in [-0.15, -0.1) is 16.4 Å². The standard InChI is InChI=1S/C17H15Cl2F2N5OS/c1-26-14(15(18)24-25-26)12-6-13(28-16(12)19)17(27)23-11(7-22)4-8-2-9(20)5-10(21)3-8/h2-3,5-6,11H,4,7,22H2,1H3,(H,23,27)/t11-/m0/s1. The van der Waals surface area contributed by atoms with Crippen molar-refractivity contribution in [1.29, 1.82) is 0 Å². The van der Waals surface area contributed by atoms with E-state index in [-0.39, 0.29) is 18.1 Å². The number of nitrogens with zero attached hydrogens (tertiary/aromatic N) is 3. The van der Waals surface area contributed by atoms with Gasteiger partial charge in [0.15, 0.2) is 5.15 Å². The highest BCUT2D eigenvalue weighted by Crippen LogP contribution is 2.37. The fraction of sp³-hybridized carbons (Fsp3) is 0.235. The lowest BCUT2D eigenvalue weighted by molar-refractivity contribution is 0.0942. The Morgan fingerprint density at radius 2 is 1.96 bits per heavy atom. The summed E-state index contributed by atoms with van der Waals surface area (Å²) in [4.78, 5) is 12.9. The molecule has 3 rings (SSSR count). The molecule has 2 heterocycles. The van der Waals surface area contributed by atoms with Crippen LogP contribution in [0.2, 0.25) is 9.49 Å². The molecule has 2 aromatic heterocycles. The van der Waals surface area contributed by atoms with Crippen LogP contribution in [0.4, 0.5) is 8.78 Å². The molecule has 0 aliphatic carbocycles. The Morgan fingerprint density at radius 3 is 2.54 bits per heavy atom. The van der Waals surface area contributed by atoms with Gasteiger partial charge in [-0.1, -0.05) is 28.4 Å². The van der Waals surface area contributed by atoms with Crippen molar-refractivity contribution in [3.8, 4) is 11.3 Å². The Bertz CT molecular complexity index is 983. The Balaban J connectivity index is 1.77. The number of aromatic nitrogens is 3. The van der Waals surface area contributed by atoms with E-state index in [4.69, 9.17) is 28.9 Å². The minimum atomic E-state index is -0.687. The molecule has 1 aromatic carbocycles. The van der Waals surface area contributed by atoms with E-state index in [1.807, 2.05) is 0 Å². The van der Waals surface area contributed by atoms with E-state index in [0.717, 1.165) is 17.4 Å². The summed E-state index contributed by atoms with van der Waals surface area (Å²) in [5, 5.41) is 10.5. The van der Waals surface area contributed by atoms with Gasteiger partial charge in [0.2, 0.25) is 0 Å². The molecule has 0 aliphatic rings. The molecule has 28 heavy (non-hydrogen) atoms. The number of nitrogens with one attached hydrogen (secondary N) is 1. The second-order valence-corrected chi connectivity index (χ2v) is 8.05.